The third kappa shape index (κ3) is 0.661. The van der Waals surface area contributed by atoms with E-state index >= 15 is 0 Å². The number of alkyl halides is 1. The first-order valence-corrected chi connectivity index (χ1v) is 5.36. The van der Waals surface area contributed by atoms with Gasteiger partial charge in [-0.05, 0) is 18.8 Å². The average Bonchev–Trinajstić information content (AvgIpc) is 2.53. The summed E-state index contributed by atoms with van der Waals surface area (Å²) in [6.45, 7) is 0. The maximum absolute atomic E-state index is 11.2. The molecule has 0 amide bonds. The van der Waals surface area contributed by atoms with Crippen molar-refractivity contribution in [2.45, 2.75) is 22.9 Å². The van der Waals surface area contributed by atoms with Gasteiger partial charge in [0.05, 0.1) is 9.84 Å². The summed E-state index contributed by atoms with van der Waals surface area (Å²) in [5, 5.41) is 0. The van der Waals surface area contributed by atoms with E-state index in [0.29, 0.717) is 9.84 Å². The number of esters is 1. The Labute approximate surface area is 78.8 Å². The minimum absolute atomic E-state index is 0.0849. The van der Waals surface area contributed by atoms with Crippen LogP contribution in [0.15, 0.2) is 0 Å². The Kier molecular flexibility index (Phi) is 1.17. The molecule has 0 aromatic carbocycles. The van der Waals surface area contributed by atoms with Crippen molar-refractivity contribution in [1.82, 2.24) is 0 Å². The predicted octanol–water partition coefficient (Wildman–Crippen LogP) is 1.37. The van der Waals surface area contributed by atoms with E-state index in [4.69, 9.17) is 4.74 Å². The Morgan fingerprint density at radius 3 is 2.91 bits per heavy atom. The van der Waals surface area contributed by atoms with Crippen LogP contribution in [0.25, 0.3) is 0 Å². The minimum atomic E-state index is 0.0849. The first kappa shape index (κ1) is 6.69. The predicted molar refractivity (Wildman–Crippen MR) is 47.4 cm³/mol. The van der Waals surface area contributed by atoms with E-state index in [1.807, 2.05) is 0 Å². The van der Waals surface area contributed by atoms with Crippen molar-refractivity contribution in [3.63, 3.8) is 0 Å². The second-order valence-electron chi connectivity index (χ2n) is 3.85. The summed E-state index contributed by atoms with van der Waals surface area (Å²) in [4.78, 5) is 11.2. The Morgan fingerprint density at radius 2 is 2.27 bits per heavy atom. The first-order chi connectivity index (χ1) is 5.27. The summed E-state index contributed by atoms with van der Waals surface area (Å²) in [6, 6.07) is 0. The molecule has 11 heavy (non-hydrogen) atoms. The maximum Gasteiger partial charge on any atom is 0.309 e. The first-order valence-electron chi connectivity index (χ1n) is 4.12. The Hall–Kier alpha value is 0.200. The number of carbonyl (C=O) groups is 1. The van der Waals surface area contributed by atoms with Crippen LogP contribution in [0.5, 0.6) is 0 Å². The van der Waals surface area contributed by atoms with E-state index in [1.54, 1.807) is 0 Å². The highest BCUT2D eigenvalue weighted by Crippen LogP contribution is 2.56. The quantitative estimate of drug-likeness (QED) is 0.375. The lowest BCUT2D eigenvalue weighted by atomic mass is 9.90. The van der Waals surface area contributed by atoms with E-state index in [9.17, 15) is 4.79 Å². The second-order valence-corrected chi connectivity index (χ2v) is 5.29. The molecule has 60 valence electrons. The molecule has 3 rings (SSSR count). The summed E-state index contributed by atoms with van der Waals surface area (Å²) in [6.07, 6.45) is 2.63. The molecule has 0 radical (unpaired) electrons. The third-order valence-electron chi connectivity index (χ3n) is 3.39. The molecule has 5 atom stereocenters. The highest BCUT2D eigenvalue weighted by atomic mass is 127. The molecule has 0 N–H and O–H groups in total. The largest absolute Gasteiger partial charge is 0.461 e. The lowest BCUT2D eigenvalue weighted by molar-refractivity contribution is -0.143. The normalized spacial score (nSPS) is 58.6. The van der Waals surface area contributed by atoms with Gasteiger partial charge in [-0.3, -0.25) is 4.79 Å². The number of hydrogen-bond donors (Lipinski definition) is 0. The average molecular weight is 264 g/mol. The number of carbonyl (C=O) groups excluding carboxylic acids is 1. The molecular formula is C8H9IO2. The second kappa shape index (κ2) is 1.92. The lowest BCUT2D eigenvalue weighted by Crippen LogP contribution is -2.26. The molecule has 1 aliphatic heterocycles. The molecule has 2 bridgehead atoms. The Morgan fingerprint density at radius 1 is 1.45 bits per heavy atom. The topological polar surface area (TPSA) is 26.3 Å². The number of ether oxygens (including phenoxy) is 1. The fourth-order valence-corrected chi connectivity index (χ4v) is 4.15. The molecule has 3 fully saturated rings. The standard InChI is InChI=1S/C8H9IO2/c9-6-3-1-4-5(2-3)8(10)11-7(4)6/h3-7H,1-2H2/t3-,4+,5-,6+,7-/m0/s1. The van der Waals surface area contributed by atoms with Crippen molar-refractivity contribution in [1.29, 1.82) is 0 Å². The van der Waals surface area contributed by atoms with Crippen molar-refractivity contribution < 1.29 is 9.53 Å². The van der Waals surface area contributed by atoms with Gasteiger partial charge in [0.25, 0.3) is 0 Å². The van der Waals surface area contributed by atoms with Gasteiger partial charge in [0.15, 0.2) is 0 Å². The Balaban J connectivity index is 2.04. The SMILES string of the molecule is O=C1O[C@@H]2[C@H](I)[C@H]3C[C@@H]2[C@@H]1C3. The molecule has 3 aliphatic rings. The monoisotopic (exact) mass is 264 g/mol. The van der Waals surface area contributed by atoms with Crippen LogP contribution in [0.2, 0.25) is 0 Å². The third-order valence-corrected chi connectivity index (χ3v) is 5.12. The number of hydrogen-bond acceptors (Lipinski definition) is 2. The molecule has 2 aliphatic carbocycles. The van der Waals surface area contributed by atoms with Gasteiger partial charge >= 0.3 is 5.97 Å². The lowest BCUT2D eigenvalue weighted by Gasteiger charge is -2.19. The van der Waals surface area contributed by atoms with E-state index < -0.39 is 0 Å². The van der Waals surface area contributed by atoms with Crippen molar-refractivity contribution in [3.05, 3.63) is 0 Å². The van der Waals surface area contributed by atoms with E-state index in [2.05, 4.69) is 22.6 Å². The van der Waals surface area contributed by atoms with Gasteiger partial charge < -0.3 is 4.74 Å². The van der Waals surface area contributed by atoms with Gasteiger partial charge in [0.2, 0.25) is 0 Å². The fourth-order valence-electron chi connectivity index (χ4n) is 2.88. The van der Waals surface area contributed by atoms with Gasteiger partial charge in [-0.25, -0.2) is 0 Å². The highest BCUT2D eigenvalue weighted by molar-refractivity contribution is 14.1. The molecular weight excluding hydrogens is 255 g/mol. The number of halogens is 1. The van der Waals surface area contributed by atoms with Crippen LogP contribution in [-0.2, 0) is 9.53 Å². The van der Waals surface area contributed by atoms with Crippen molar-refractivity contribution in [3.8, 4) is 0 Å². The smallest absolute Gasteiger partial charge is 0.309 e. The van der Waals surface area contributed by atoms with Crippen molar-refractivity contribution in [2.75, 3.05) is 0 Å². The van der Waals surface area contributed by atoms with Crippen LogP contribution < -0.4 is 0 Å². The number of rotatable bonds is 0. The zero-order chi connectivity index (χ0) is 7.59. The van der Waals surface area contributed by atoms with E-state index in [-0.39, 0.29) is 18.0 Å². The van der Waals surface area contributed by atoms with E-state index in [0.717, 1.165) is 12.3 Å². The van der Waals surface area contributed by atoms with Crippen LogP contribution >= 0.6 is 22.6 Å². The molecule has 2 saturated carbocycles. The molecule has 0 unspecified atom stereocenters. The van der Waals surface area contributed by atoms with Gasteiger partial charge in [-0.2, -0.15) is 0 Å². The molecule has 0 aromatic rings. The van der Waals surface area contributed by atoms with Gasteiger partial charge in [0, 0.05) is 5.92 Å². The maximum atomic E-state index is 11.2. The van der Waals surface area contributed by atoms with Crippen LogP contribution in [0.4, 0.5) is 0 Å². The van der Waals surface area contributed by atoms with Crippen molar-refractivity contribution in [2.24, 2.45) is 17.8 Å². The minimum Gasteiger partial charge on any atom is -0.461 e. The van der Waals surface area contributed by atoms with Crippen LogP contribution in [0.3, 0.4) is 0 Å². The highest BCUT2D eigenvalue weighted by Gasteiger charge is 2.60. The summed E-state index contributed by atoms with van der Waals surface area (Å²) in [5.74, 6) is 1.74. The summed E-state index contributed by atoms with van der Waals surface area (Å²) < 4.78 is 5.92. The molecule has 0 spiro atoms. The zero-order valence-corrected chi connectivity index (χ0v) is 8.15. The van der Waals surface area contributed by atoms with Crippen LogP contribution in [0, 0.1) is 17.8 Å². The molecule has 0 aromatic heterocycles. The van der Waals surface area contributed by atoms with E-state index in [1.165, 1.54) is 6.42 Å². The van der Waals surface area contributed by atoms with Gasteiger partial charge in [-0.15, -0.1) is 0 Å². The molecule has 3 heteroatoms. The summed E-state index contributed by atoms with van der Waals surface area (Å²) >= 11 is 2.45. The summed E-state index contributed by atoms with van der Waals surface area (Å²) in [5.41, 5.74) is 0. The van der Waals surface area contributed by atoms with Crippen LogP contribution in [-0.4, -0.2) is 16.0 Å². The van der Waals surface area contributed by atoms with Crippen LogP contribution in [0.1, 0.15) is 12.8 Å². The fraction of sp³-hybridized carbons (Fsp3) is 0.875. The van der Waals surface area contributed by atoms with Gasteiger partial charge in [0.1, 0.15) is 6.10 Å². The van der Waals surface area contributed by atoms with Gasteiger partial charge in [-0.1, -0.05) is 22.6 Å². The number of fused-ring (bicyclic) bond motifs is 1. The molecule has 1 saturated heterocycles. The molecule has 2 nitrogen and oxygen atoms in total. The Bertz CT molecular complexity index is 228. The summed E-state index contributed by atoms with van der Waals surface area (Å²) in [7, 11) is 0. The zero-order valence-electron chi connectivity index (χ0n) is 6.00. The molecule has 1 heterocycles. The van der Waals surface area contributed by atoms with Crippen molar-refractivity contribution >= 4 is 28.6 Å².